The smallest absolute Gasteiger partial charge is 0.0455 e. The number of fused-ring (bicyclic) bond motifs is 1. The third-order valence-corrected chi connectivity index (χ3v) is 5.73. The highest BCUT2D eigenvalue weighted by Crippen LogP contribution is 2.35. The fourth-order valence-corrected chi connectivity index (χ4v) is 4.72. The van der Waals surface area contributed by atoms with E-state index >= 15 is 0 Å². The van der Waals surface area contributed by atoms with E-state index in [1.54, 1.807) is 10.4 Å². The molecule has 1 aliphatic carbocycles. The fourth-order valence-electron chi connectivity index (χ4n) is 2.94. The predicted molar refractivity (Wildman–Crippen MR) is 90.6 cm³/mol. The Labute approximate surface area is 133 Å². The second-order valence-electron chi connectivity index (χ2n) is 5.40. The molecule has 3 heteroatoms. The second kappa shape index (κ2) is 6.42. The minimum atomic E-state index is 0.449. The van der Waals surface area contributed by atoms with Crippen molar-refractivity contribution in [1.29, 1.82) is 0 Å². The summed E-state index contributed by atoms with van der Waals surface area (Å²) in [4.78, 5) is 3.13. The largest absolute Gasteiger partial charge is 0.309 e. The maximum absolute atomic E-state index is 3.65. The zero-order chi connectivity index (χ0) is 13.9. The molecule has 0 bridgehead atoms. The van der Waals surface area contributed by atoms with Crippen LogP contribution in [-0.4, -0.2) is 6.54 Å². The maximum atomic E-state index is 3.65. The Balaban J connectivity index is 1.81. The summed E-state index contributed by atoms with van der Waals surface area (Å²) >= 11 is 5.58. The van der Waals surface area contributed by atoms with Gasteiger partial charge in [0, 0.05) is 20.3 Å². The SMILES string of the molecule is CCNC(Cc1cccc(Br)c1)c1cc2c(s1)CCC2. The average molecular weight is 350 g/mol. The van der Waals surface area contributed by atoms with Crippen LogP contribution in [0.25, 0.3) is 0 Å². The highest BCUT2D eigenvalue weighted by atomic mass is 79.9. The van der Waals surface area contributed by atoms with Gasteiger partial charge < -0.3 is 5.32 Å². The van der Waals surface area contributed by atoms with E-state index in [4.69, 9.17) is 0 Å². The van der Waals surface area contributed by atoms with Gasteiger partial charge in [-0.2, -0.15) is 0 Å². The first-order chi connectivity index (χ1) is 9.76. The van der Waals surface area contributed by atoms with Gasteiger partial charge in [-0.05, 0) is 61.6 Å². The lowest BCUT2D eigenvalue weighted by Gasteiger charge is -2.17. The van der Waals surface area contributed by atoms with Crippen molar-refractivity contribution in [3.63, 3.8) is 0 Å². The molecule has 1 N–H and O–H groups in total. The van der Waals surface area contributed by atoms with Crippen LogP contribution in [0.3, 0.4) is 0 Å². The van der Waals surface area contributed by atoms with Gasteiger partial charge in [0.2, 0.25) is 0 Å². The zero-order valence-corrected chi connectivity index (χ0v) is 14.2. The van der Waals surface area contributed by atoms with E-state index in [-0.39, 0.29) is 0 Å². The molecule has 1 heterocycles. The molecule has 0 fully saturated rings. The Hall–Kier alpha value is -0.640. The summed E-state index contributed by atoms with van der Waals surface area (Å²) in [7, 11) is 0. The summed E-state index contributed by atoms with van der Waals surface area (Å²) in [6, 6.07) is 11.5. The number of aryl methyl sites for hydroxylation is 2. The minimum Gasteiger partial charge on any atom is -0.309 e. The molecule has 20 heavy (non-hydrogen) atoms. The Bertz CT molecular complexity index is 569. The minimum absolute atomic E-state index is 0.449. The Morgan fingerprint density at radius 2 is 2.20 bits per heavy atom. The van der Waals surface area contributed by atoms with Gasteiger partial charge in [-0.1, -0.05) is 35.0 Å². The van der Waals surface area contributed by atoms with Crippen LogP contribution in [0.5, 0.6) is 0 Å². The van der Waals surface area contributed by atoms with E-state index in [9.17, 15) is 0 Å². The van der Waals surface area contributed by atoms with Crippen molar-refractivity contribution in [3.05, 3.63) is 55.7 Å². The van der Waals surface area contributed by atoms with Crippen molar-refractivity contribution in [3.8, 4) is 0 Å². The first kappa shape index (κ1) is 14.3. The molecule has 1 unspecified atom stereocenters. The molecule has 0 radical (unpaired) electrons. The molecule has 1 aromatic heterocycles. The van der Waals surface area contributed by atoms with Gasteiger partial charge in [-0.3, -0.25) is 0 Å². The number of hydrogen-bond acceptors (Lipinski definition) is 2. The Morgan fingerprint density at radius 3 is 2.95 bits per heavy atom. The van der Waals surface area contributed by atoms with Crippen LogP contribution in [0.15, 0.2) is 34.8 Å². The van der Waals surface area contributed by atoms with Crippen molar-refractivity contribution in [2.24, 2.45) is 0 Å². The number of benzene rings is 1. The molecule has 2 aromatic rings. The van der Waals surface area contributed by atoms with Crippen molar-refractivity contribution in [2.75, 3.05) is 6.54 Å². The van der Waals surface area contributed by atoms with Gasteiger partial charge in [-0.25, -0.2) is 0 Å². The summed E-state index contributed by atoms with van der Waals surface area (Å²) in [5, 5.41) is 3.65. The number of rotatable bonds is 5. The van der Waals surface area contributed by atoms with Crippen LogP contribution >= 0.6 is 27.3 Å². The lowest BCUT2D eigenvalue weighted by Crippen LogP contribution is -2.22. The first-order valence-corrected chi connectivity index (χ1v) is 8.96. The monoisotopic (exact) mass is 349 g/mol. The molecule has 0 saturated heterocycles. The van der Waals surface area contributed by atoms with Gasteiger partial charge in [0.25, 0.3) is 0 Å². The average Bonchev–Trinajstić information content (AvgIpc) is 2.99. The van der Waals surface area contributed by atoms with Gasteiger partial charge in [0.15, 0.2) is 0 Å². The van der Waals surface area contributed by atoms with Gasteiger partial charge >= 0.3 is 0 Å². The number of thiophene rings is 1. The molecular weight excluding hydrogens is 330 g/mol. The normalized spacial score (nSPS) is 15.3. The van der Waals surface area contributed by atoms with Crippen LogP contribution < -0.4 is 5.32 Å². The van der Waals surface area contributed by atoms with Crippen molar-refractivity contribution >= 4 is 27.3 Å². The summed E-state index contributed by atoms with van der Waals surface area (Å²) in [5.74, 6) is 0. The van der Waals surface area contributed by atoms with Crippen molar-refractivity contribution < 1.29 is 0 Å². The Kier molecular flexibility index (Phi) is 4.59. The summed E-state index contributed by atoms with van der Waals surface area (Å²) in [6.07, 6.45) is 4.98. The summed E-state index contributed by atoms with van der Waals surface area (Å²) in [6.45, 7) is 3.20. The van der Waals surface area contributed by atoms with Crippen LogP contribution in [0.2, 0.25) is 0 Å². The van der Waals surface area contributed by atoms with E-state index in [0.29, 0.717) is 6.04 Å². The molecule has 1 aliphatic rings. The molecule has 0 saturated carbocycles. The first-order valence-electron chi connectivity index (χ1n) is 7.35. The van der Waals surface area contributed by atoms with Gasteiger partial charge in [0.05, 0.1) is 0 Å². The van der Waals surface area contributed by atoms with Crippen LogP contribution in [-0.2, 0) is 19.3 Å². The molecule has 106 valence electrons. The van der Waals surface area contributed by atoms with Crippen LogP contribution in [0.1, 0.15) is 40.3 Å². The third kappa shape index (κ3) is 3.16. The lowest BCUT2D eigenvalue weighted by atomic mass is 10.0. The van der Waals surface area contributed by atoms with E-state index in [1.165, 1.54) is 34.2 Å². The van der Waals surface area contributed by atoms with E-state index < -0.39 is 0 Å². The van der Waals surface area contributed by atoms with Crippen molar-refractivity contribution in [1.82, 2.24) is 5.32 Å². The number of hydrogen-bond donors (Lipinski definition) is 1. The molecule has 3 rings (SSSR count). The lowest BCUT2D eigenvalue weighted by molar-refractivity contribution is 0.558. The molecule has 1 atom stereocenters. The standard InChI is InChI=1S/C17H20BrNS/c1-2-19-15(10-12-5-3-7-14(18)9-12)17-11-13-6-4-8-16(13)20-17/h3,5,7,9,11,15,19H,2,4,6,8,10H2,1H3. The number of halogens is 1. The van der Waals surface area contributed by atoms with E-state index in [0.717, 1.165) is 13.0 Å². The summed E-state index contributed by atoms with van der Waals surface area (Å²) in [5.41, 5.74) is 2.99. The second-order valence-corrected chi connectivity index (χ2v) is 7.48. The van der Waals surface area contributed by atoms with Crippen LogP contribution in [0, 0.1) is 0 Å². The molecule has 1 nitrogen and oxygen atoms in total. The third-order valence-electron chi connectivity index (χ3n) is 3.89. The molecular formula is C17H20BrNS. The van der Waals surface area contributed by atoms with E-state index in [2.05, 4.69) is 58.5 Å². The Morgan fingerprint density at radius 1 is 1.30 bits per heavy atom. The van der Waals surface area contributed by atoms with Crippen LogP contribution in [0.4, 0.5) is 0 Å². The highest BCUT2D eigenvalue weighted by Gasteiger charge is 2.20. The van der Waals surface area contributed by atoms with E-state index in [1.807, 2.05) is 11.3 Å². The number of likely N-dealkylation sites (N-methyl/N-ethyl adjacent to an activating group) is 1. The quantitative estimate of drug-likeness (QED) is 0.809. The maximum Gasteiger partial charge on any atom is 0.0455 e. The summed E-state index contributed by atoms with van der Waals surface area (Å²) < 4.78 is 1.17. The zero-order valence-electron chi connectivity index (χ0n) is 11.8. The fraction of sp³-hybridized carbons (Fsp3) is 0.412. The molecule has 0 aliphatic heterocycles. The van der Waals surface area contributed by atoms with Gasteiger partial charge in [-0.15, -0.1) is 11.3 Å². The number of nitrogens with one attached hydrogen (secondary N) is 1. The topological polar surface area (TPSA) is 12.0 Å². The predicted octanol–water partition coefficient (Wildman–Crippen LogP) is 4.89. The highest BCUT2D eigenvalue weighted by molar-refractivity contribution is 9.10. The molecule has 1 aromatic carbocycles. The van der Waals surface area contributed by atoms with Gasteiger partial charge in [0.1, 0.15) is 0 Å². The van der Waals surface area contributed by atoms with Crippen molar-refractivity contribution in [2.45, 2.75) is 38.6 Å². The molecule has 0 spiro atoms. The molecule has 0 amide bonds.